The van der Waals surface area contributed by atoms with Gasteiger partial charge in [-0.25, -0.2) is 0 Å². The van der Waals surface area contributed by atoms with E-state index in [-0.39, 0.29) is 18.3 Å². The monoisotopic (exact) mass is 569 g/mol. The average molecular weight is 570 g/mol. The summed E-state index contributed by atoms with van der Waals surface area (Å²) in [5, 5.41) is 3.48. The van der Waals surface area contributed by atoms with Gasteiger partial charge in [0.05, 0.1) is 13.2 Å². The van der Waals surface area contributed by atoms with Crippen molar-refractivity contribution in [3.05, 3.63) is 83.2 Å². The van der Waals surface area contributed by atoms with E-state index >= 15 is 0 Å². The number of morpholine rings is 1. The third kappa shape index (κ3) is 6.30. The van der Waals surface area contributed by atoms with E-state index in [0.29, 0.717) is 18.7 Å². The first-order valence-electron chi connectivity index (χ1n) is 14.2. The van der Waals surface area contributed by atoms with Crippen LogP contribution < -0.4 is 9.64 Å². The van der Waals surface area contributed by atoms with Gasteiger partial charge < -0.3 is 19.3 Å². The van der Waals surface area contributed by atoms with Crippen LogP contribution in [0.3, 0.4) is 0 Å². The van der Waals surface area contributed by atoms with Crippen LogP contribution in [-0.2, 0) is 16.1 Å². The highest BCUT2D eigenvalue weighted by Crippen LogP contribution is 2.36. The molecule has 6 rings (SSSR count). The fourth-order valence-electron chi connectivity index (χ4n) is 5.56. The van der Waals surface area contributed by atoms with Crippen LogP contribution in [0, 0.1) is 0 Å². The Balaban J connectivity index is 1.12. The van der Waals surface area contributed by atoms with Crippen LogP contribution in [0.2, 0.25) is 0 Å². The predicted octanol–water partition coefficient (Wildman–Crippen LogP) is 5.33. The normalized spacial score (nSPS) is 16.2. The van der Waals surface area contributed by atoms with Crippen molar-refractivity contribution in [2.24, 2.45) is 0 Å². The van der Waals surface area contributed by atoms with Crippen molar-refractivity contribution in [2.75, 3.05) is 64.0 Å². The number of piperazine rings is 1. The molecule has 41 heavy (non-hydrogen) atoms. The molecular weight excluding hydrogens is 534 g/mol. The number of anilines is 1. The molecule has 2 aliphatic rings. The van der Waals surface area contributed by atoms with Crippen LogP contribution in [0.25, 0.3) is 21.2 Å². The number of carbonyl (C=O) groups is 2. The number of amides is 1. The molecule has 2 aliphatic heterocycles. The standard InChI is InChI=1S/C33H35N3O4S/c1-24(37)25-6-9-28(10-7-25)35-12-14-36(15-13-35)33(38)22-40-31-11-8-26(20-27(31)21-34-16-18-39-19-17-34)30-23-41-32-5-3-2-4-29(30)32/h2-11,20,23H,12-19,21-22H2,1H3. The number of Topliss-reactive ketones (excluding diaryl/α,β-unsaturated/α-hetero) is 1. The maximum Gasteiger partial charge on any atom is 0.260 e. The molecule has 2 saturated heterocycles. The Morgan fingerprint density at radius 2 is 1.66 bits per heavy atom. The number of hydrogen-bond donors (Lipinski definition) is 0. The van der Waals surface area contributed by atoms with E-state index in [9.17, 15) is 9.59 Å². The summed E-state index contributed by atoms with van der Waals surface area (Å²) < 4.78 is 13.0. The molecule has 2 fully saturated rings. The number of ether oxygens (including phenoxy) is 2. The summed E-state index contributed by atoms with van der Waals surface area (Å²) in [6.07, 6.45) is 0. The number of fused-ring (bicyclic) bond motifs is 1. The fourth-order valence-corrected chi connectivity index (χ4v) is 6.53. The molecule has 0 saturated carbocycles. The summed E-state index contributed by atoms with van der Waals surface area (Å²) in [7, 11) is 0. The lowest BCUT2D eigenvalue weighted by Gasteiger charge is -2.36. The van der Waals surface area contributed by atoms with Crippen molar-refractivity contribution in [3.8, 4) is 16.9 Å². The van der Waals surface area contributed by atoms with Gasteiger partial charge in [0.1, 0.15) is 5.75 Å². The topological polar surface area (TPSA) is 62.3 Å². The molecule has 0 atom stereocenters. The summed E-state index contributed by atoms with van der Waals surface area (Å²) in [6.45, 7) is 8.35. The molecule has 7 nitrogen and oxygen atoms in total. The highest BCUT2D eigenvalue weighted by Gasteiger charge is 2.23. The largest absolute Gasteiger partial charge is 0.483 e. The maximum absolute atomic E-state index is 13.2. The minimum atomic E-state index is 0.00167. The van der Waals surface area contributed by atoms with Gasteiger partial charge in [-0.15, -0.1) is 11.3 Å². The molecule has 0 radical (unpaired) electrons. The Labute approximate surface area is 244 Å². The van der Waals surface area contributed by atoms with Crippen molar-refractivity contribution in [3.63, 3.8) is 0 Å². The average Bonchev–Trinajstić information content (AvgIpc) is 3.45. The van der Waals surface area contributed by atoms with Crippen LogP contribution in [-0.4, -0.2) is 80.6 Å². The van der Waals surface area contributed by atoms with Gasteiger partial charge in [0.2, 0.25) is 0 Å². The van der Waals surface area contributed by atoms with Gasteiger partial charge in [-0.2, -0.15) is 0 Å². The molecule has 0 bridgehead atoms. The second-order valence-corrected chi connectivity index (χ2v) is 11.5. The smallest absolute Gasteiger partial charge is 0.260 e. The summed E-state index contributed by atoms with van der Waals surface area (Å²) in [6, 6.07) is 22.5. The molecule has 4 aromatic rings. The quantitative estimate of drug-likeness (QED) is 0.267. The molecule has 8 heteroatoms. The number of benzene rings is 3. The number of ketones is 1. The van der Waals surface area contributed by atoms with Gasteiger partial charge in [-0.05, 0) is 60.3 Å². The summed E-state index contributed by atoms with van der Waals surface area (Å²) in [5.41, 5.74) is 5.27. The number of thiophene rings is 1. The molecule has 0 N–H and O–H groups in total. The molecule has 0 spiro atoms. The number of nitrogens with zero attached hydrogens (tertiary/aromatic N) is 3. The zero-order chi connectivity index (χ0) is 28.2. The van der Waals surface area contributed by atoms with E-state index in [4.69, 9.17) is 9.47 Å². The highest BCUT2D eigenvalue weighted by molar-refractivity contribution is 7.17. The van der Waals surface area contributed by atoms with Crippen LogP contribution in [0.1, 0.15) is 22.8 Å². The Hall–Kier alpha value is -3.72. The first kappa shape index (κ1) is 27.4. The third-order valence-electron chi connectivity index (χ3n) is 7.97. The van der Waals surface area contributed by atoms with Gasteiger partial charge in [0.25, 0.3) is 5.91 Å². The number of rotatable bonds is 8. The van der Waals surface area contributed by atoms with Crippen molar-refractivity contribution < 1.29 is 19.1 Å². The van der Waals surface area contributed by atoms with Gasteiger partial charge in [0.15, 0.2) is 12.4 Å². The summed E-state index contributed by atoms with van der Waals surface area (Å²) in [4.78, 5) is 31.2. The van der Waals surface area contributed by atoms with Gasteiger partial charge in [-0.1, -0.05) is 24.3 Å². The highest BCUT2D eigenvalue weighted by atomic mass is 32.1. The Morgan fingerprint density at radius 3 is 2.41 bits per heavy atom. The lowest BCUT2D eigenvalue weighted by molar-refractivity contribution is -0.133. The fraction of sp³-hybridized carbons (Fsp3) is 0.333. The van der Waals surface area contributed by atoms with Gasteiger partial charge in [-0.3, -0.25) is 14.5 Å². The molecule has 0 aliphatic carbocycles. The second kappa shape index (κ2) is 12.4. The minimum absolute atomic E-state index is 0.00167. The summed E-state index contributed by atoms with van der Waals surface area (Å²) >= 11 is 1.76. The molecule has 0 unspecified atom stereocenters. The van der Waals surface area contributed by atoms with Crippen molar-refractivity contribution in [2.45, 2.75) is 13.5 Å². The first-order chi connectivity index (χ1) is 20.0. The van der Waals surface area contributed by atoms with Crippen molar-refractivity contribution >= 4 is 38.8 Å². The van der Waals surface area contributed by atoms with E-state index in [2.05, 4.69) is 51.6 Å². The first-order valence-corrected chi connectivity index (χ1v) is 15.1. The summed E-state index contributed by atoms with van der Waals surface area (Å²) in [5.74, 6) is 0.828. The Kier molecular flexibility index (Phi) is 8.32. The van der Waals surface area contributed by atoms with E-state index in [1.165, 1.54) is 15.6 Å². The molecule has 212 valence electrons. The lowest BCUT2D eigenvalue weighted by Crippen LogP contribution is -2.50. The molecule has 1 aromatic heterocycles. The van der Waals surface area contributed by atoms with Crippen molar-refractivity contribution in [1.29, 1.82) is 0 Å². The van der Waals surface area contributed by atoms with E-state index < -0.39 is 0 Å². The maximum atomic E-state index is 13.2. The molecular formula is C33H35N3O4S. The Bertz CT molecular complexity index is 1520. The van der Waals surface area contributed by atoms with Crippen LogP contribution in [0.4, 0.5) is 5.69 Å². The second-order valence-electron chi connectivity index (χ2n) is 10.6. The molecule has 1 amide bonds. The van der Waals surface area contributed by atoms with Gasteiger partial charge >= 0.3 is 0 Å². The molecule has 3 aromatic carbocycles. The SMILES string of the molecule is CC(=O)c1ccc(N2CCN(C(=O)COc3ccc(-c4csc5ccccc45)cc3CN3CCOCC3)CC2)cc1. The minimum Gasteiger partial charge on any atom is -0.483 e. The van der Waals surface area contributed by atoms with Crippen LogP contribution in [0.5, 0.6) is 5.75 Å². The van der Waals surface area contributed by atoms with Gasteiger partial charge in [0, 0.05) is 78.3 Å². The number of carbonyl (C=O) groups excluding carboxylic acids is 2. The Morgan fingerprint density at radius 1 is 0.902 bits per heavy atom. The van der Waals surface area contributed by atoms with E-state index in [1.807, 2.05) is 35.2 Å². The predicted molar refractivity (Wildman–Crippen MR) is 164 cm³/mol. The van der Waals surface area contributed by atoms with Crippen molar-refractivity contribution in [1.82, 2.24) is 9.80 Å². The van der Waals surface area contributed by atoms with Crippen LogP contribution in [0.15, 0.2) is 72.1 Å². The zero-order valence-corrected chi connectivity index (χ0v) is 24.2. The molecule has 3 heterocycles. The zero-order valence-electron chi connectivity index (χ0n) is 23.4. The number of hydrogen-bond acceptors (Lipinski definition) is 7. The van der Waals surface area contributed by atoms with E-state index in [1.54, 1.807) is 18.3 Å². The van der Waals surface area contributed by atoms with E-state index in [0.717, 1.165) is 68.5 Å². The van der Waals surface area contributed by atoms with Crippen LogP contribution >= 0.6 is 11.3 Å². The lowest BCUT2D eigenvalue weighted by atomic mass is 10.0. The third-order valence-corrected chi connectivity index (χ3v) is 8.94.